The highest BCUT2D eigenvalue weighted by Crippen LogP contribution is 2.33. The topological polar surface area (TPSA) is 83.0 Å². The molecule has 0 spiro atoms. The molecular weight excluding hydrogens is 472 g/mol. The minimum Gasteiger partial charge on any atom is -0.367 e. The highest BCUT2D eigenvalue weighted by molar-refractivity contribution is 5.94. The Hall–Kier alpha value is -3.22. The Balaban J connectivity index is 1.19. The van der Waals surface area contributed by atoms with Crippen LogP contribution >= 0.6 is 0 Å². The second-order valence-electron chi connectivity index (χ2n) is 11.4. The minimum atomic E-state index is 0.0953. The molecule has 3 fully saturated rings. The second kappa shape index (κ2) is 11.7. The van der Waals surface area contributed by atoms with Crippen LogP contribution < -0.4 is 15.5 Å². The number of rotatable bonds is 6. The molecule has 7 heteroatoms. The van der Waals surface area contributed by atoms with Crippen LogP contribution in [0.5, 0.6) is 0 Å². The van der Waals surface area contributed by atoms with Crippen molar-refractivity contribution in [1.82, 2.24) is 20.3 Å². The molecule has 0 aromatic carbocycles. The number of nitrogens with zero attached hydrogens (tertiary/aromatic N) is 4. The minimum absolute atomic E-state index is 0.0953. The summed E-state index contributed by atoms with van der Waals surface area (Å²) >= 11 is 0. The van der Waals surface area contributed by atoms with E-state index in [4.69, 9.17) is 4.98 Å². The number of hydrogen-bond acceptors (Lipinski definition) is 6. The largest absolute Gasteiger partial charge is 0.367 e. The Kier molecular flexibility index (Phi) is 7.70. The van der Waals surface area contributed by atoms with Gasteiger partial charge in [-0.1, -0.05) is 38.5 Å². The molecule has 4 heterocycles. The fourth-order valence-electron chi connectivity index (χ4n) is 6.51. The van der Waals surface area contributed by atoms with Gasteiger partial charge in [0.15, 0.2) is 0 Å². The number of fused-ring (bicyclic) bond motifs is 1. The van der Waals surface area contributed by atoms with Gasteiger partial charge in [-0.2, -0.15) is 0 Å². The Bertz CT molecular complexity index is 1240. The monoisotopic (exact) mass is 512 g/mol. The first kappa shape index (κ1) is 25.1. The van der Waals surface area contributed by atoms with Gasteiger partial charge in [-0.25, -0.2) is 9.97 Å². The number of aromatic nitrogens is 3. The van der Waals surface area contributed by atoms with Gasteiger partial charge in [0.05, 0.1) is 5.69 Å². The molecule has 1 aliphatic heterocycles. The summed E-state index contributed by atoms with van der Waals surface area (Å²) < 4.78 is 0. The summed E-state index contributed by atoms with van der Waals surface area (Å²) in [5, 5.41) is 9.20. The fourth-order valence-corrected chi connectivity index (χ4v) is 6.51. The summed E-state index contributed by atoms with van der Waals surface area (Å²) in [6.07, 6.45) is 19.8. The van der Waals surface area contributed by atoms with Crippen molar-refractivity contribution in [2.45, 2.75) is 89.1 Å². The van der Waals surface area contributed by atoms with Crippen LogP contribution in [-0.2, 0) is 4.79 Å². The van der Waals surface area contributed by atoms with Gasteiger partial charge >= 0.3 is 0 Å². The van der Waals surface area contributed by atoms with E-state index in [1.54, 1.807) is 0 Å². The highest BCUT2D eigenvalue weighted by atomic mass is 16.1. The zero-order valence-corrected chi connectivity index (χ0v) is 22.4. The van der Waals surface area contributed by atoms with Gasteiger partial charge < -0.3 is 15.5 Å². The molecule has 3 aliphatic rings. The number of carbonyl (C=O) groups excluding carboxylic acids is 1. The predicted molar refractivity (Wildman–Crippen MR) is 153 cm³/mol. The summed E-state index contributed by atoms with van der Waals surface area (Å²) in [6, 6.07) is 9.25. The Labute approximate surface area is 225 Å². The lowest BCUT2D eigenvalue weighted by Gasteiger charge is -2.34. The first-order valence-electron chi connectivity index (χ1n) is 14.8. The van der Waals surface area contributed by atoms with Gasteiger partial charge in [0.1, 0.15) is 11.6 Å². The summed E-state index contributed by atoms with van der Waals surface area (Å²) in [5.41, 5.74) is 2.00. The molecule has 2 aliphatic carbocycles. The van der Waals surface area contributed by atoms with Crippen LogP contribution in [0.3, 0.4) is 0 Å². The van der Waals surface area contributed by atoms with Crippen LogP contribution in [-0.4, -0.2) is 46.0 Å². The molecule has 6 rings (SSSR count). The highest BCUT2D eigenvalue weighted by Gasteiger charge is 2.28. The molecule has 0 bridgehead atoms. The first-order chi connectivity index (χ1) is 18.7. The van der Waals surface area contributed by atoms with Crippen LogP contribution in [0.1, 0.15) is 77.0 Å². The van der Waals surface area contributed by atoms with Crippen molar-refractivity contribution in [3.63, 3.8) is 0 Å². The van der Waals surface area contributed by atoms with Crippen LogP contribution in [0.15, 0.2) is 42.9 Å². The Morgan fingerprint density at radius 1 is 0.842 bits per heavy atom. The molecular formula is C31H40N6O. The van der Waals surface area contributed by atoms with Crippen molar-refractivity contribution in [2.75, 3.05) is 23.3 Å². The summed E-state index contributed by atoms with van der Waals surface area (Å²) in [7, 11) is 0. The quantitative estimate of drug-likeness (QED) is 0.415. The van der Waals surface area contributed by atoms with Crippen LogP contribution in [0.25, 0.3) is 22.0 Å². The SMILES string of the molecule is O=C(NC1CCCCC1)C1CCN(c2nc(-c3ccnc(NC4CCCCC4)c3)cc3cnccc23)CC1. The fraction of sp³-hybridized carbons (Fsp3) is 0.548. The third-order valence-corrected chi connectivity index (χ3v) is 8.74. The van der Waals surface area contributed by atoms with Gasteiger partial charge in [-0.15, -0.1) is 0 Å². The summed E-state index contributed by atoms with van der Waals surface area (Å²) in [5.74, 6) is 2.26. The number of nitrogens with one attached hydrogen (secondary N) is 2. The van der Waals surface area contributed by atoms with Gasteiger partial charge in [-0.3, -0.25) is 9.78 Å². The van der Waals surface area contributed by atoms with Crippen LogP contribution in [0, 0.1) is 5.92 Å². The van der Waals surface area contributed by atoms with E-state index in [0.717, 1.165) is 72.4 Å². The standard InChI is InChI=1S/C31H40N6O/c38-31(35-26-9-5-2-6-10-26)22-13-17-37(18-14-22)30-27-12-15-32-21-24(27)19-28(36-30)23-11-16-33-29(20-23)34-25-7-3-1-4-8-25/h11-12,15-16,19-22,25-26H,1-10,13-14,17-18H2,(H,33,34)(H,35,38). The molecule has 1 amide bonds. The van der Waals surface area contributed by atoms with Crippen molar-refractivity contribution in [1.29, 1.82) is 0 Å². The predicted octanol–water partition coefficient (Wildman–Crippen LogP) is 6.10. The number of piperidine rings is 1. The third kappa shape index (κ3) is 5.77. The van der Waals surface area contributed by atoms with E-state index in [-0.39, 0.29) is 11.8 Å². The number of anilines is 2. The van der Waals surface area contributed by atoms with Crippen molar-refractivity contribution in [3.8, 4) is 11.3 Å². The summed E-state index contributed by atoms with van der Waals surface area (Å²) in [4.78, 5) is 29.5. The van der Waals surface area contributed by atoms with Crippen molar-refractivity contribution >= 4 is 28.3 Å². The van der Waals surface area contributed by atoms with E-state index < -0.39 is 0 Å². The molecule has 0 atom stereocenters. The Morgan fingerprint density at radius 2 is 1.58 bits per heavy atom. The van der Waals surface area contributed by atoms with E-state index in [2.05, 4.69) is 43.7 Å². The average Bonchev–Trinajstić information content (AvgIpc) is 2.98. The molecule has 0 radical (unpaired) electrons. The normalized spacial score (nSPS) is 19.9. The van der Waals surface area contributed by atoms with Gasteiger partial charge in [-0.05, 0) is 62.8 Å². The van der Waals surface area contributed by atoms with Gasteiger partial charge in [0.2, 0.25) is 5.91 Å². The number of pyridine rings is 3. The number of carbonyl (C=O) groups is 1. The second-order valence-corrected chi connectivity index (χ2v) is 11.4. The van der Waals surface area contributed by atoms with E-state index in [1.165, 1.54) is 51.4 Å². The van der Waals surface area contributed by atoms with Crippen molar-refractivity contribution in [3.05, 3.63) is 42.9 Å². The molecule has 2 N–H and O–H groups in total. The molecule has 3 aromatic rings. The maximum Gasteiger partial charge on any atom is 0.223 e. The maximum absolute atomic E-state index is 13.0. The molecule has 2 saturated carbocycles. The van der Waals surface area contributed by atoms with E-state index in [1.807, 2.05) is 24.7 Å². The molecule has 3 aromatic heterocycles. The van der Waals surface area contributed by atoms with E-state index >= 15 is 0 Å². The van der Waals surface area contributed by atoms with Crippen LogP contribution in [0.4, 0.5) is 11.6 Å². The number of hydrogen-bond donors (Lipinski definition) is 2. The van der Waals surface area contributed by atoms with E-state index in [0.29, 0.717) is 12.1 Å². The summed E-state index contributed by atoms with van der Waals surface area (Å²) in [6.45, 7) is 1.67. The first-order valence-corrected chi connectivity index (χ1v) is 14.8. The Morgan fingerprint density at radius 3 is 2.34 bits per heavy atom. The molecule has 0 unspecified atom stereocenters. The van der Waals surface area contributed by atoms with Gasteiger partial charge in [0.25, 0.3) is 0 Å². The smallest absolute Gasteiger partial charge is 0.223 e. The lowest BCUT2D eigenvalue weighted by Crippen LogP contribution is -2.44. The average molecular weight is 513 g/mol. The van der Waals surface area contributed by atoms with Crippen molar-refractivity contribution < 1.29 is 4.79 Å². The molecule has 38 heavy (non-hydrogen) atoms. The lowest BCUT2D eigenvalue weighted by atomic mass is 9.92. The molecule has 7 nitrogen and oxygen atoms in total. The lowest BCUT2D eigenvalue weighted by molar-refractivity contribution is -0.126. The van der Waals surface area contributed by atoms with Crippen LogP contribution in [0.2, 0.25) is 0 Å². The molecule has 200 valence electrons. The zero-order chi connectivity index (χ0) is 25.7. The number of amides is 1. The van der Waals surface area contributed by atoms with Gasteiger partial charge in [0, 0.05) is 66.0 Å². The molecule has 1 saturated heterocycles. The zero-order valence-electron chi connectivity index (χ0n) is 22.4. The third-order valence-electron chi connectivity index (χ3n) is 8.74. The van der Waals surface area contributed by atoms with Crippen molar-refractivity contribution in [2.24, 2.45) is 5.92 Å². The maximum atomic E-state index is 13.0. The van der Waals surface area contributed by atoms with E-state index in [9.17, 15) is 4.79 Å².